The van der Waals surface area contributed by atoms with Gasteiger partial charge in [-0.2, -0.15) is 4.98 Å². The van der Waals surface area contributed by atoms with E-state index in [0.29, 0.717) is 11.7 Å². The Kier molecular flexibility index (Phi) is 2.78. The van der Waals surface area contributed by atoms with Gasteiger partial charge >= 0.3 is 0 Å². The lowest BCUT2D eigenvalue weighted by atomic mass is 10.2. The molecule has 0 aliphatic heterocycles. The summed E-state index contributed by atoms with van der Waals surface area (Å²) in [6.07, 6.45) is 0.780. The van der Waals surface area contributed by atoms with Crippen molar-refractivity contribution in [2.75, 3.05) is 0 Å². The highest BCUT2D eigenvalue weighted by Crippen LogP contribution is 2.25. The molecule has 0 amide bonds. The molecule has 0 aliphatic carbocycles. The van der Waals surface area contributed by atoms with E-state index >= 15 is 0 Å². The van der Waals surface area contributed by atoms with Crippen LogP contribution in [-0.4, -0.2) is 10.1 Å². The van der Waals surface area contributed by atoms with E-state index in [-0.39, 0.29) is 6.04 Å². The molecule has 0 saturated heterocycles. The first-order valence-electron chi connectivity index (χ1n) is 5.28. The summed E-state index contributed by atoms with van der Waals surface area (Å²) in [7, 11) is 0. The van der Waals surface area contributed by atoms with Gasteiger partial charge in [-0.3, -0.25) is 0 Å². The third kappa shape index (κ3) is 1.86. The van der Waals surface area contributed by atoms with Crippen LogP contribution in [0.4, 0.5) is 0 Å². The monoisotopic (exact) mass is 221 g/mol. The lowest BCUT2D eigenvalue weighted by Crippen LogP contribution is -2.10. The van der Waals surface area contributed by atoms with Crippen LogP contribution in [0.15, 0.2) is 15.0 Å². The summed E-state index contributed by atoms with van der Waals surface area (Å²) in [6, 6.07) is 1.70. The number of nitrogens with zero attached hydrogens (tertiary/aromatic N) is 2. The molecule has 0 fully saturated rings. The molecule has 2 aromatic rings. The molecule has 2 heterocycles. The van der Waals surface area contributed by atoms with Crippen molar-refractivity contribution in [1.82, 2.24) is 10.1 Å². The highest BCUT2D eigenvalue weighted by molar-refractivity contribution is 5.56. The van der Waals surface area contributed by atoms with Crippen LogP contribution in [0.2, 0.25) is 0 Å². The molecule has 1 atom stereocenters. The zero-order valence-electron chi connectivity index (χ0n) is 9.65. The molecular weight excluding hydrogens is 206 g/mol. The van der Waals surface area contributed by atoms with Crippen LogP contribution >= 0.6 is 0 Å². The maximum absolute atomic E-state index is 5.82. The van der Waals surface area contributed by atoms with Crippen LogP contribution in [0.3, 0.4) is 0 Å². The third-order valence-electron chi connectivity index (χ3n) is 2.48. The Morgan fingerprint density at radius 1 is 1.44 bits per heavy atom. The van der Waals surface area contributed by atoms with E-state index in [0.717, 1.165) is 23.5 Å². The number of nitrogens with two attached hydrogens (primary N) is 1. The fraction of sp³-hybridized carbons (Fsp3) is 0.455. The second kappa shape index (κ2) is 4.09. The molecule has 5 nitrogen and oxygen atoms in total. The van der Waals surface area contributed by atoms with Gasteiger partial charge in [-0.25, -0.2) is 0 Å². The van der Waals surface area contributed by atoms with Crippen molar-refractivity contribution in [3.8, 4) is 11.5 Å². The highest BCUT2D eigenvalue weighted by Gasteiger charge is 2.17. The first-order valence-corrected chi connectivity index (χ1v) is 5.28. The first-order chi connectivity index (χ1) is 7.61. The topological polar surface area (TPSA) is 78.1 Å². The maximum Gasteiger partial charge on any atom is 0.261 e. The molecule has 86 valence electrons. The van der Waals surface area contributed by atoms with Gasteiger partial charge < -0.3 is 14.7 Å². The molecule has 5 heteroatoms. The summed E-state index contributed by atoms with van der Waals surface area (Å²) in [4.78, 5) is 4.26. The van der Waals surface area contributed by atoms with Crippen LogP contribution in [0.1, 0.15) is 36.7 Å². The SMILES string of the molecule is CCC(N)c1noc(-c2cc(C)oc2C)n1. The predicted octanol–water partition coefficient (Wildman–Crippen LogP) is 2.36. The van der Waals surface area contributed by atoms with Gasteiger partial charge in [0.1, 0.15) is 11.5 Å². The number of hydrogen-bond acceptors (Lipinski definition) is 5. The first kappa shape index (κ1) is 10.9. The second-order valence-electron chi connectivity index (χ2n) is 3.80. The largest absolute Gasteiger partial charge is 0.466 e. The Balaban J connectivity index is 2.35. The van der Waals surface area contributed by atoms with Crippen LogP contribution < -0.4 is 5.73 Å². The summed E-state index contributed by atoms with van der Waals surface area (Å²) >= 11 is 0. The zero-order valence-corrected chi connectivity index (χ0v) is 9.65. The molecule has 0 saturated carbocycles. The smallest absolute Gasteiger partial charge is 0.261 e. The van der Waals surface area contributed by atoms with Crippen LogP contribution in [0.5, 0.6) is 0 Å². The Morgan fingerprint density at radius 3 is 2.75 bits per heavy atom. The van der Waals surface area contributed by atoms with Gasteiger partial charge in [0.15, 0.2) is 5.82 Å². The van der Waals surface area contributed by atoms with E-state index in [4.69, 9.17) is 14.7 Å². The van der Waals surface area contributed by atoms with E-state index < -0.39 is 0 Å². The number of aryl methyl sites for hydroxylation is 2. The van der Waals surface area contributed by atoms with Crippen molar-refractivity contribution in [3.63, 3.8) is 0 Å². The Labute approximate surface area is 93.6 Å². The number of aromatic nitrogens is 2. The minimum absolute atomic E-state index is 0.175. The predicted molar refractivity (Wildman–Crippen MR) is 58.7 cm³/mol. The molecule has 0 aromatic carbocycles. The van der Waals surface area contributed by atoms with Gasteiger partial charge in [0, 0.05) is 0 Å². The fourth-order valence-corrected chi connectivity index (χ4v) is 1.52. The van der Waals surface area contributed by atoms with Gasteiger partial charge in [0.05, 0.1) is 11.6 Å². The lowest BCUT2D eigenvalue weighted by Gasteiger charge is -1.99. The van der Waals surface area contributed by atoms with Crippen molar-refractivity contribution < 1.29 is 8.94 Å². The maximum atomic E-state index is 5.82. The van der Waals surface area contributed by atoms with Gasteiger partial charge in [0.25, 0.3) is 5.89 Å². The van der Waals surface area contributed by atoms with Crippen molar-refractivity contribution >= 4 is 0 Å². The Morgan fingerprint density at radius 2 is 2.19 bits per heavy atom. The summed E-state index contributed by atoms with van der Waals surface area (Å²) in [5.41, 5.74) is 6.65. The average molecular weight is 221 g/mol. The van der Waals surface area contributed by atoms with Crippen molar-refractivity contribution in [2.24, 2.45) is 5.73 Å². The van der Waals surface area contributed by atoms with Gasteiger partial charge in [-0.15, -0.1) is 0 Å². The van der Waals surface area contributed by atoms with Crippen LogP contribution in [0.25, 0.3) is 11.5 Å². The van der Waals surface area contributed by atoms with Gasteiger partial charge in [-0.05, 0) is 26.3 Å². The van der Waals surface area contributed by atoms with Crippen LogP contribution in [0, 0.1) is 13.8 Å². The van der Waals surface area contributed by atoms with Crippen molar-refractivity contribution in [2.45, 2.75) is 33.2 Å². The van der Waals surface area contributed by atoms with E-state index in [2.05, 4.69) is 10.1 Å². The molecule has 0 aliphatic rings. The quantitative estimate of drug-likeness (QED) is 0.860. The minimum Gasteiger partial charge on any atom is -0.466 e. The number of furan rings is 1. The number of rotatable bonds is 3. The second-order valence-corrected chi connectivity index (χ2v) is 3.80. The summed E-state index contributed by atoms with van der Waals surface area (Å²) in [5, 5.41) is 3.86. The summed E-state index contributed by atoms with van der Waals surface area (Å²) in [5.74, 6) is 2.61. The number of hydrogen-bond donors (Lipinski definition) is 1. The van der Waals surface area contributed by atoms with E-state index in [1.165, 1.54) is 0 Å². The molecule has 1 unspecified atom stereocenters. The molecule has 16 heavy (non-hydrogen) atoms. The fourth-order valence-electron chi connectivity index (χ4n) is 1.52. The van der Waals surface area contributed by atoms with Crippen molar-refractivity contribution in [1.29, 1.82) is 0 Å². The lowest BCUT2D eigenvalue weighted by molar-refractivity contribution is 0.413. The Bertz CT molecular complexity index is 487. The molecule has 2 aromatic heterocycles. The highest BCUT2D eigenvalue weighted by atomic mass is 16.5. The molecule has 2 N–H and O–H groups in total. The molecule has 0 spiro atoms. The zero-order chi connectivity index (χ0) is 11.7. The van der Waals surface area contributed by atoms with Gasteiger partial charge in [0.2, 0.25) is 0 Å². The van der Waals surface area contributed by atoms with E-state index in [1.807, 2.05) is 26.8 Å². The summed E-state index contributed by atoms with van der Waals surface area (Å²) < 4.78 is 10.6. The minimum atomic E-state index is -0.175. The third-order valence-corrected chi connectivity index (χ3v) is 2.48. The molecule has 2 rings (SSSR count). The average Bonchev–Trinajstić information content (AvgIpc) is 2.83. The van der Waals surface area contributed by atoms with E-state index in [1.54, 1.807) is 0 Å². The van der Waals surface area contributed by atoms with Gasteiger partial charge in [-0.1, -0.05) is 12.1 Å². The molecule has 0 bridgehead atoms. The molecular formula is C11H15N3O2. The summed E-state index contributed by atoms with van der Waals surface area (Å²) in [6.45, 7) is 5.73. The standard InChI is InChI=1S/C11H15N3O2/c1-4-9(12)10-13-11(16-14-10)8-5-6(2)15-7(8)3/h5,9H,4,12H2,1-3H3. The molecule has 0 radical (unpaired) electrons. The normalized spacial score (nSPS) is 13.0. The Hall–Kier alpha value is -1.62. The van der Waals surface area contributed by atoms with Crippen LogP contribution in [-0.2, 0) is 0 Å². The van der Waals surface area contributed by atoms with E-state index in [9.17, 15) is 0 Å². The van der Waals surface area contributed by atoms with Crippen molar-refractivity contribution in [3.05, 3.63) is 23.4 Å².